The van der Waals surface area contributed by atoms with Crippen molar-refractivity contribution in [2.24, 2.45) is 0 Å². The van der Waals surface area contributed by atoms with E-state index in [-0.39, 0.29) is 5.56 Å². The van der Waals surface area contributed by atoms with Crippen LogP contribution in [0.15, 0.2) is 46.3 Å². The molecule has 4 nitrogen and oxygen atoms in total. The van der Waals surface area contributed by atoms with Gasteiger partial charge in [0.15, 0.2) is 5.16 Å². The van der Waals surface area contributed by atoms with Crippen LogP contribution in [0.3, 0.4) is 0 Å². The van der Waals surface area contributed by atoms with E-state index in [4.69, 9.17) is 0 Å². The number of anilines is 1. The number of nitrogens with zero attached hydrogens (tertiary/aromatic N) is 1. The molecule has 2 N–H and O–H groups in total. The fraction of sp³-hybridized carbons (Fsp3) is 0.167. The van der Waals surface area contributed by atoms with Crippen LogP contribution in [0.4, 0.5) is 5.82 Å². The number of aromatic nitrogens is 2. The lowest BCUT2D eigenvalue weighted by atomic mass is 10.2. The van der Waals surface area contributed by atoms with Crippen LogP contribution in [0.1, 0.15) is 5.56 Å². The molecular weight excluding hydrogens is 234 g/mol. The van der Waals surface area contributed by atoms with Crippen molar-refractivity contribution in [1.29, 1.82) is 0 Å². The molecule has 0 saturated carbocycles. The van der Waals surface area contributed by atoms with Crippen LogP contribution in [0.25, 0.3) is 0 Å². The van der Waals surface area contributed by atoms with Crippen LogP contribution >= 0.6 is 11.8 Å². The Morgan fingerprint density at radius 3 is 2.82 bits per heavy atom. The first-order valence-corrected chi connectivity index (χ1v) is 6.22. The number of hydrogen-bond acceptors (Lipinski definition) is 4. The monoisotopic (exact) mass is 247 g/mol. The molecule has 0 aliphatic heterocycles. The summed E-state index contributed by atoms with van der Waals surface area (Å²) in [6, 6.07) is 11.5. The largest absolute Gasteiger partial charge is 0.373 e. The van der Waals surface area contributed by atoms with Crippen LogP contribution < -0.4 is 10.9 Å². The molecular formula is C12H13N3OS. The molecule has 0 amide bonds. The molecule has 5 heteroatoms. The molecule has 17 heavy (non-hydrogen) atoms. The van der Waals surface area contributed by atoms with Gasteiger partial charge in [-0.3, -0.25) is 4.79 Å². The average Bonchev–Trinajstić information content (AvgIpc) is 2.37. The Morgan fingerprint density at radius 2 is 2.12 bits per heavy atom. The van der Waals surface area contributed by atoms with Gasteiger partial charge in [0.25, 0.3) is 5.56 Å². The zero-order chi connectivity index (χ0) is 12.1. The third kappa shape index (κ3) is 3.35. The van der Waals surface area contributed by atoms with Crippen LogP contribution in [0.2, 0.25) is 0 Å². The Morgan fingerprint density at radius 1 is 1.35 bits per heavy atom. The molecule has 0 aliphatic rings. The van der Waals surface area contributed by atoms with Crippen LogP contribution in [0, 0.1) is 0 Å². The molecule has 1 aromatic heterocycles. The topological polar surface area (TPSA) is 57.8 Å². The molecule has 1 heterocycles. The smallest absolute Gasteiger partial charge is 0.253 e. The standard InChI is InChI=1S/C12H13N3OS/c1-13-10-7-11(16)15-12(14-10)17-8-9-5-3-2-4-6-9/h2-7H,8H2,1H3,(H2,13,14,15,16). The molecule has 1 aromatic carbocycles. The molecule has 0 saturated heterocycles. The van der Waals surface area contributed by atoms with Crippen molar-refractivity contribution in [3.05, 3.63) is 52.3 Å². The van der Waals surface area contributed by atoms with Gasteiger partial charge in [-0.05, 0) is 5.56 Å². The van der Waals surface area contributed by atoms with Gasteiger partial charge < -0.3 is 10.3 Å². The molecule has 0 atom stereocenters. The second-order valence-electron chi connectivity index (χ2n) is 3.46. The number of nitrogens with one attached hydrogen (secondary N) is 2. The minimum absolute atomic E-state index is 0.139. The van der Waals surface area contributed by atoms with E-state index in [2.05, 4.69) is 15.3 Å². The SMILES string of the molecule is CNc1cc(=O)[nH]c(SCc2ccccc2)n1. The summed E-state index contributed by atoms with van der Waals surface area (Å²) in [5, 5.41) is 3.49. The zero-order valence-electron chi connectivity index (χ0n) is 9.43. The lowest BCUT2D eigenvalue weighted by Gasteiger charge is -2.03. The Hall–Kier alpha value is -1.75. The molecule has 0 bridgehead atoms. The lowest BCUT2D eigenvalue weighted by Crippen LogP contribution is -2.09. The van der Waals surface area contributed by atoms with Crippen LogP contribution in [-0.2, 0) is 5.75 Å². The van der Waals surface area contributed by atoms with E-state index >= 15 is 0 Å². The fourth-order valence-electron chi connectivity index (χ4n) is 1.36. The van der Waals surface area contributed by atoms with E-state index in [9.17, 15) is 4.79 Å². The Balaban J connectivity index is 2.09. The summed E-state index contributed by atoms with van der Waals surface area (Å²) in [4.78, 5) is 18.3. The number of benzene rings is 1. The molecule has 0 radical (unpaired) electrons. The lowest BCUT2D eigenvalue weighted by molar-refractivity contribution is 0.939. The summed E-state index contributed by atoms with van der Waals surface area (Å²) in [7, 11) is 1.74. The average molecular weight is 247 g/mol. The van der Waals surface area contributed by atoms with E-state index in [0.29, 0.717) is 11.0 Å². The highest BCUT2D eigenvalue weighted by atomic mass is 32.2. The van der Waals surface area contributed by atoms with Crippen molar-refractivity contribution >= 4 is 17.6 Å². The zero-order valence-corrected chi connectivity index (χ0v) is 10.3. The van der Waals surface area contributed by atoms with Gasteiger partial charge in [0.05, 0.1) is 0 Å². The first-order chi connectivity index (χ1) is 8.28. The molecule has 0 spiro atoms. The summed E-state index contributed by atoms with van der Waals surface area (Å²) in [6.07, 6.45) is 0. The highest BCUT2D eigenvalue weighted by Crippen LogP contribution is 2.18. The highest BCUT2D eigenvalue weighted by Gasteiger charge is 2.01. The minimum atomic E-state index is -0.139. The van der Waals surface area contributed by atoms with Crippen molar-refractivity contribution in [1.82, 2.24) is 9.97 Å². The maximum absolute atomic E-state index is 11.3. The number of aromatic amines is 1. The predicted molar refractivity (Wildman–Crippen MR) is 70.4 cm³/mol. The summed E-state index contributed by atoms with van der Waals surface area (Å²) in [5.41, 5.74) is 1.06. The van der Waals surface area contributed by atoms with Crippen molar-refractivity contribution in [2.45, 2.75) is 10.9 Å². The number of rotatable bonds is 4. The second kappa shape index (κ2) is 5.54. The van der Waals surface area contributed by atoms with Gasteiger partial charge in [-0.25, -0.2) is 4.98 Å². The van der Waals surface area contributed by atoms with Crippen molar-refractivity contribution in [3.63, 3.8) is 0 Å². The minimum Gasteiger partial charge on any atom is -0.373 e. The molecule has 88 valence electrons. The van der Waals surface area contributed by atoms with E-state index in [1.54, 1.807) is 7.05 Å². The van der Waals surface area contributed by atoms with E-state index in [1.165, 1.54) is 23.4 Å². The van der Waals surface area contributed by atoms with Crippen LogP contribution in [-0.4, -0.2) is 17.0 Å². The number of H-pyrrole nitrogens is 1. The summed E-state index contributed by atoms with van der Waals surface area (Å²) in [5.74, 6) is 1.38. The quantitative estimate of drug-likeness (QED) is 0.641. The van der Waals surface area contributed by atoms with Crippen LogP contribution in [0.5, 0.6) is 0 Å². The van der Waals surface area contributed by atoms with Crippen molar-refractivity contribution < 1.29 is 0 Å². The van der Waals surface area contributed by atoms with Gasteiger partial charge in [-0.2, -0.15) is 0 Å². The van der Waals surface area contributed by atoms with Gasteiger partial charge in [0.2, 0.25) is 0 Å². The number of hydrogen-bond donors (Lipinski definition) is 2. The molecule has 0 aliphatic carbocycles. The van der Waals surface area contributed by atoms with E-state index < -0.39 is 0 Å². The molecule has 0 unspecified atom stereocenters. The second-order valence-corrected chi connectivity index (χ2v) is 4.42. The maximum Gasteiger partial charge on any atom is 0.253 e. The Bertz CT molecular complexity index is 539. The normalized spacial score (nSPS) is 10.2. The highest BCUT2D eigenvalue weighted by molar-refractivity contribution is 7.98. The summed E-state index contributed by atoms with van der Waals surface area (Å²) >= 11 is 1.51. The summed E-state index contributed by atoms with van der Waals surface area (Å²) < 4.78 is 0. The Kier molecular flexibility index (Phi) is 3.82. The maximum atomic E-state index is 11.3. The Labute approximate surface area is 103 Å². The van der Waals surface area contributed by atoms with Gasteiger partial charge in [0.1, 0.15) is 5.82 Å². The van der Waals surface area contributed by atoms with Gasteiger partial charge in [0, 0.05) is 18.9 Å². The first-order valence-electron chi connectivity index (χ1n) is 5.24. The van der Waals surface area contributed by atoms with Crippen molar-refractivity contribution in [3.8, 4) is 0 Å². The fourth-order valence-corrected chi connectivity index (χ4v) is 2.19. The third-order valence-corrected chi connectivity index (χ3v) is 3.14. The van der Waals surface area contributed by atoms with E-state index in [0.717, 1.165) is 5.75 Å². The van der Waals surface area contributed by atoms with Gasteiger partial charge >= 0.3 is 0 Å². The first kappa shape index (κ1) is 11.7. The van der Waals surface area contributed by atoms with Gasteiger partial charge in [-0.15, -0.1) is 0 Å². The third-order valence-electron chi connectivity index (χ3n) is 2.19. The predicted octanol–water partition coefficient (Wildman–Crippen LogP) is 2.10. The summed E-state index contributed by atoms with van der Waals surface area (Å²) in [6.45, 7) is 0. The van der Waals surface area contributed by atoms with Crippen molar-refractivity contribution in [2.75, 3.05) is 12.4 Å². The van der Waals surface area contributed by atoms with Gasteiger partial charge in [-0.1, -0.05) is 42.1 Å². The molecule has 2 rings (SSSR count). The number of thioether (sulfide) groups is 1. The molecule has 0 fully saturated rings. The van der Waals surface area contributed by atoms with E-state index in [1.807, 2.05) is 30.3 Å². The molecule has 2 aromatic rings.